The maximum Gasteiger partial charge on any atom is 0.119 e. The van der Waals surface area contributed by atoms with Crippen LogP contribution in [0.15, 0.2) is 0 Å². The highest BCUT2D eigenvalue weighted by atomic mass is 35.5. The second kappa shape index (κ2) is 1.34. The normalized spacial score (nSPS) is 25.7. The molecule has 0 aromatic heterocycles. The predicted molar refractivity (Wildman–Crippen MR) is 27.4 cm³/mol. The zero-order chi connectivity index (χ0) is 5.49. The quantitative estimate of drug-likeness (QED) is 0.318. The van der Waals surface area contributed by atoms with Crippen LogP contribution in [-0.2, 0) is 0 Å². The SMILES string of the molecule is CN(O)C1(Cl)CC1. The van der Waals surface area contributed by atoms with E-state index in [1.165, 1.54) is 0 Å². The third-order valence-electron chi connectivity index (χ3n) is 1.24. The van der Waals surface area contributed by atoms with Crippen LogP contribution >= 0.6 is 11.6 Å². The van der Waals surface area contributed by atoms with E-state index in [0.717, 1.165) is 17.9 Å². The highest BCUT2D eigenvalue weighted by Gasteiger charge is 2.44. The van der Waals surface area contributed by atoms with Gasteiger partial charge in [-0.25, -0.2) is 0 Å². The Labute approximate surface area is 47.6 Å². The van der Waals surface area contributed by atoms with Crippen LogP contribution in [0.5, 0.6) is 0 Å². The molecule has 0 spiro atoms. The highest BCUT2D eigenvalue weighted by Crippen LogP contribution is 2.43. The minimum atomic E-state index is -0.389. The van der Waals surface area contributed by atoms with Crippen molar-refractivity contribution in [2.75, 3.05) is 7.05 Å². The Kier molecular flexibility index (Phi) is 1.02. The van der Waals surface area contributed by atoms with Crippen molar-refractivity contribution < 1.29 is 5.21 Å². The van der Waals surface area contributed by atoms with E-state index in [0.29, 0.717) is 0 Å². The molecule has 0 aliphatic heterocycles. The Morgan fingerprint density at radius 2 is 2.14 bits per heavy atom. The summed E-state index contributed by atoms with van der Waals surface area (Å²) >= 11 is 5.66. The van der Waals surface area contributed by atoms with Crippen LogP contribution in [0.25, 0.3) is 0 Å². The Morgan fingerprint density at radius 3 is 2.14 bits per heavy atom. The molecule has 2 nitrogen and oxygen atoms in total. The van der Waals surface area contributed by atoms with Gasteiger partial charge >= 0.3 is 0 Å². The third-order valence-corrected chi connectivity index (χ3v) is 1.87. The lowest BCUT2D eigenvalue weighted by atomic mass is 10.7. The highest BCUT2D eigenvalue weighted by molar-refractivity contribution is 6.25. The van der Waals surface area contributed by atoms with Crippen LogP contribution in [0.4, 0.5) is 0 Å². The first kappa shape index (κ1) is 5.35. The number of nitrogens with zero attached hydrogens (tertiary/aromatic N) is 1. The van der Waals surface area contributed by atoms with E-state index in [-0.39, 0.29) is 5.00 Å². The van der Waals surface area contributed by atoms with Crippen LogP contribution in [0.2, 0.25) is 0 Å². The monoisotopic (exact) mass is 121 g/mol. The summed E-state index contributed by atoms with van der Waals surface area (Å²) in [6.07, 6.45) is 1.81. The van der Waals surface area contributed by atoms with Crippen molar-refractivity contribution in [3.8, 4) is 0 Å². The Hall–Kier alpha value is 0.210. The van der Waals surface area contributed by atoms with Crippen LogP contribution in [0.1, 0.15) is 12.8 Å². The van der Waals surface area contributed by atoms with E-state index >= 15 is 0 Å². The Bertz CT molecular complexity index is 79.8. The van der Waals surface area contributed by atoms with Gasteiger partial charge in [-0.05, 0) is 12.8 Å². The molecule has 3 heteroatoms. The smallest absolute Gasteiger partial charge is 0.119 e. The fraction of sp³-hybridized carbons (Fsp3) is 1.00. The van der Waals surface area contributed by atoms with E-state index in [9.17, 15) is 0 Å². The first-order valence-electron chi connectivity index (χ1n) is 2.27. The summed E-state index contributed by atoms with van der Waals surface area (Å²) in [7, 11) is 1.57. The number of hydroxylamine groups is 2. The van der Waals surface area contributed by atoms with Gasteiger partial charge in [0.05, 0.1) is 0 Å². The number of alkyl halides is 1. The van der Waals surface area contributed by atoms with Gasteiger partial charge in [-0.2, -0.15) is 5.06 Å². The van der Waals surface area contributed by atoms with Crippen molar-refractivity contribution in [1.29, 1.82) is 0 Å². The van der Waals surface area contributed by atoms with E-state index in [4.69, 9.17) is 16.8 Å². The van der Waals surface area contributed by atoms with Crippen molar-refractivity contribution in [1.82, 2.24) is 5.06 Å². The van der Waals surface area contributed by atoms with Gasteiger partial charge < -0.3 is 5.21 Å². The molecule has 1 saturated carbocycles. The van der Waals surface area contributed by atoms with Crippen LogP contribution in [0.3, 0.4) is 0 Å². The van der Waals surface area contributed by atoms with Gasteiger partial charge in [-0.1, -0.05) is 11.6 Å². The zero-order valence-corrected chi connectivity index (χ0v) is 4.94. The van der Waals surface area contributed by atoms with E-state index < -0.39 is 0 Å². The van der Waals surface area contributed by atoms with Crippen molar-refractivity contribution >= 4 is 11.6 Å². The van der Waals surface area contributed by atoms with E-state index in [2.05, 4.69) is 0 Å². The summed E-state index contributed by atoms with van der Waals surface area (Å²) in [5.41, 5.74) is 0. The van der Waals surface area contributed by atoms with Gasteiger partial charge in [0.1, 0.15) is 5.00 Å². The van der Waals surface area contributed by atoms with E-state index in [1.807, 2.05) is 0 Å². The standard InChI is InChI=1S/C4H8ClNO/c1-6(7)4(5)2-3-4/h7H,2-3H2,1H3. The molecule has 1 aliphatic carbocycles. The predicted octanol–water partition coefficient (Wildman–Crippen LogP) is 1.04. The first-order valence-corrected chi connectivity index (χ1v) is 2.64. The topological polar surface area (TPSA) is 23.5 Å². The van der Waals surface area contributed by atoms with Crippen molar-refractivity contribution in [2.45, 2.75) is 17.8 Å². The lowest BCUT2D eigenvalue weighted by Crippen LogP contribution is -2.23. The zero-order valence-electron chi connectivity index (χ0n) is 4.19. The van der Waals surface area contributed by atoms with Gasteiger partial charge in [-0.3, -0.25) is 0 Å². The molecule has 7 heavy (non-hydrogen) atoms. The first-order chi connectivity index (χ1) is 3.15. The summed E-state index contributed by atoms with van der Waals surface area (Å²) in [6, 6.07) is 0. The van der Waals surface area contributed by atoms with Gasteiger partial charge in [0, 0.05) is 7.05 Å². The molecular formula is C4H8ClNO. The van der Waals surface area contributed by atoms with Crippen molar-refractivity contribution in [3.05, 3.63) is 0 Å². The summed E-state index contributed by atoms with van der Waals surface area (Å²) < 4.78 is 0. The number of rotatable bonds is 1. The van der Waals surface area contributed by atoms with Gasteiger partial charge in [0.25, 0.3) is 0 Å². The summed E-state index contributed by atoms with van der Waals surface area (Å²) in [5, 5.41) is 9.72. The molecule has 42 valence electrons. The molecule has 1 N–H and O–H groups in total. The average molecular weight is 122 g/mol. The van der Waals surface area contributed by atoms with Gasteiger partial charge in [0.15, 0.2) is 0 Å². The molecule has 1 rings (SSSR count). The number of halogens is 1. The molecular weight excluding hydrogens is 114 g/mol. The Morgan fingerprint density at radius 1 is 1.71 bits per heavy atom. The third kappa shape index (κ3) is 0.876. The lowest BCUT2D eigenvalue weighted by Gasteiger charge is -2.11. The maximum atomic E-state index is 8.65. The molecule has 0 heterocycles. The average Bonchev–Trinajstić information content (AvgIpc) is 2.21. The summed E-state index contributed by atoms with van der Waals surface area (Å²) in [5.74, 6) is 0. The molecule has 1 aliphatic rings. The summed E-state index contributed by atoms with van der Waals surface area (Å²) in [6.45, 7) is 0. The number of hydrogen-bond acceptors (Lipinski definition) is 2. The van der Waals surface area contributed by atoms with Crippen LogP contribution < -0.4 is 0 Å². The second-order valence-electron chi connectivity index (χ2n) is 1.94. The van der Waals surface area contributed by atoms with Crippen molar-refractivity contribution in [3.63, 3.8) is 0 Å². The maximum absolute atomic E-state index is 8.65. The van der Waals surface area contributed by atoms with Crippen molar-refractivity contribution in [2.24, 2.45) is 0 Å². The molecule has 0 aromatic rings. The molecule has 0 bridgehead atoms. The van der Waals surface area contributed by atoms with Crippen LogP contribution in [-0.4, -0.2) is 22.3 Å². The fourth-order valence-electron chi connectivity index (χ4n) is 0.427. The molecule has 1 fully saturated rings. The Balaban J connectivity index is 2.39. The number of hydrogen-bond donors (Lipinski definition) is 1. The summed E-state index contributed by atoms with van der Waals surface area (Å²) in [4.78, 5) is -0.389. The molecule has 0 radical (unpaired) electrons. The second-order valence-corrected chi connectivity index (χ2v) is 2.65. The molecule has 0 atom stereocenters. The lowest BCUT2D eigenvalue weighted by molar-refractivity contribution is -0.0870. The minimum absolute atomic E-state index is 0.389. The largest absolute Gasteiger partial charge is 0.313 e. The van der Waals surface area contributed by atoms with Gasteiger partial charge in [0.2, 0.25) is 0 Å². The molecule has 0 unspecified atom stereocenters. The fourth-order valence-corrected chi connectivity index (χ4v) is 0.521. The molecule has 0 amide bonds. The molecule has 0 aromatic carbocycles. The molecule has 0 saturated heterocycles. The van der Waals surface area contributed by atoms with E-state index in [1.54, 1.807) is 7.05 Å². The minimum Gasteiger partial charge on any atom is -0.313 e. The van der Waals surface area contributed by atoms with Gasteiger partial charge in [-0.15, -0.1) is 0 Å². The van der Waals surface area contributed by atoms with Crippen LogP contribution in [0, 0.1) is 0 Å².